The predicted octanol–water partition coefficient (Wildman–Crippen LogP) is 3.42. The Labute approximate surface area is 98.0 Å². The van der Waals surface area contributed by atoms with Crippen molar-refractivity contribution in [2.45, 2.75) is 39.2 Å². The highest BCUT2D eigenvalue weighted by atomic mass is 16.5. The zero-order valence-corrected chi connectivity index (χ0v) is 10.1. The Morgan fingerprint density at radius 2 is 1.88 bits per heavy atom. The van der Waals surface area contributed by atoms with Crippen molar-refractivity contribution in [3.05, 3.63) is 30.1 Å². The summed E-state index contributed by atoms with van der Waals surface area (Å²) in [5.74, 6) is 1.72. The molecule has 2 nitrogen and oxygen atoms in total. The van der Waals surface area contributed by atoms with Crippen LogP contribution in [0.3, 0.4) is 0 Å². The Hall–Kier alpha value is -0.890. The topological polar surface area (TPSA) is 22.1 Å². The van der Waals surface area contributed by atoms with E-state index < -0.39 is 0 Å². The smallest absolute Gasteiger partial charge is 0.0718 e. The number of hydrogen-bond acceptors (Lipinski definition) is 2. The van der Waals surface area contributed by atoms with Gasteiger partial charge in [0.25, 0.3) is 0 Å². The van der Waals surface area contributed by atoms with E-state index in [9.17, 15) is 0 Å². The first-order chi connectivity index (χ1) is 7.84. The van der Waals surface area contributed by atoms with Crippen molar-refractivity contribution >= 4 is 0 Å². The van der Waals surface area contributed by atoms with Gasteiger partial charge in [-0.2, -0.15) is 0 Å². The van der Waals surface area contributed by atoms with Crippen LogP contribution in [0, 0.1) is 11.8 Å². The van der Waals surface area contributed by atoms with Crippen molar-refractivity contribution in [1.29, 1.82) is 0 Å². The van der Waals surface area contributed by atoms with Crippen LogP contribution in [-0.2, 0) is 11.3 Å². The van der Waals surface area contributed by atoms with Gasteiger partial charge in [-0.3, -0.25) is 4.98 Å². The molecule has 1 heterocycles. The van der Waals surface area contributed by atoms with Crippen LogP contribution in [0.25, 0.3) is 0 Å². The zero-order chi connectivity index (χ0) is 11.2. The molecule has 1 fully saturated rings. The van der Waals surface area contributed by atoms with E-state index in [-0.39, 0.29) is 0 Å². The molecule has 88 valence electrons. The third-order valence-corrected chi connectivity index (χ3v) is 3.51. The SMILES string of the molecule is CC1CCC(COCc2ccncc2)CC1. The fourth-order valence-corrected chi connectivity index (χ4v) is 2.32. The summed E-state index contributed by atoms with van der Waals surface area (Å²) in [5, 5.41) is 0. The second kappa shape index (κ2) is 6.00. The van der Waals surface area contributed by atoms with Crippen molar-refractivity contribution < 1.29 is 4.74 Å². The maximum absolute atomic E-state index is 5.77. The van der Waals surface area contributed by atoms with Gasteiger partial charge in [-0.1, -0.05) is 19.8 Å². The molecule has 0 saturated heterocycles. The van der Waals surface area contributed by atoms with Crippen molar-refractivity contribution in [3.63, 3.8) is 0 Å². The molecule has 0 unspecified atom stereocenters. The number of ether oxygens (including phenoxy) is 1. The maximum Gasteiger partial charge on any atom is 0.0718 e. The van der Waals surface area contributed by atoms with Crippen LogP contribution >= 0.6 is 0 Å². The largest absolute Gasteiger partial charge is 0.376 e. The van der Waals surface area contributed by atoms with E-state index in [1.807, 2.05) is 24.5 Å². The summed E-state index contributed by atoms with van der Waals surface area (Å²) in [4.78, 5) is 4.00. The van der Waals surface area contributed by atoms with Crippen molar-refractivity contribution in [2.75, 3.05) is 6.61 Å². The van der Waals surface area contributed by atoms with Crippen LogP contribution in [-0.4, -0.2) is 11.6 Å². The molecule has 1 aromatic rings. The molecule has 0 atom stereocenters. The number of hydrogen-bond donors (Lipinski definition) is 0. The fraction of sp³-hybridized carbons (Fsp3) is 0.643. The highest BCUT2D eigenvalue weighted by Crippen LogP contribution is 2.28. The lowest BCUT2D eigenvalue weighted by Gasteiger charge is -2.25. The Morgan fingerprint density at radius 3 is 2.56 bits per heavy atom. The minimum Gasteiger partial charge on any atom is -0.376 e. The third-order valence-electron chi connectivity index (χ3n) is 3.51. The summed E-state index contributed by atoms with van der Waals surface area (Å²) in [7, 11) is 0. The van der Waals surface area contributed by atoms with Gasteiger partial charge in [0.2, 0.25) is 0 Å². The lowest BCUT2D eigenvalue weighted by atomic mass is 9.83. The summed E-state index contributed by atoms with van der Waals surface area (Å²) >= 11 is 0. The van der Waals surface area contributed by atoms with E-state index in [1.165, 1.54) is 31.2 Å². The van der Waals surface area contributed by atoms with E-state index in [2.05, 4.69) is 11.9 Å². The summed E-state index contributed by atoms with van der Waals surface area (Å²) < 4.78 is 5.77. The van der Waals surface area contributed by atoms with Crippen LogP contribution in [0.1, 0.15) is 38.2 Å². The lowest BCUT2D eigenvalue weighted by Crippen LogP contribution is -2.17. The minimum atomic E-state index is 0.731. The Kier molecular flexibility index (Phi) is 4.34. The Balaban J connectivity index is 1.65. The van der Waals surface area contributed by atoms with Gasteiger partial charge >= 0.3 is 0 Å². The highest BCUT2D eigenvalue weighted by Gasteiger charge is 2.17. The molecule has 1 aromatic heterocycles. The lowest BCUT2D eigenvalue weighted by molar-refractivity contribution is 0.0683. The van der Waals surface area contributed by atoms with Gasteiger partial charge in [0.05, 0.1) is 6.61 Å². The number of rotatable bonds is 4. The number of nitrogens with zero attached hydrogens (tertiary/aromatic N) is 1. The Morgan fingerprint density at radius 1 is 1.19 bits per heavy atom. The number of pyridine rings is 1. The maximum atomic E-state index is 5.77. The predicted molar refractivity (Wildman–Crippen MR) is 65.0 cm³/mol. The molecule has 0 radical (unpaired) electrons. The minimum absolute atomic E-state index is 0.731. The van der Waals surface area contributed by atoms with Crippen LogP contribution in [0.15, 0.2) is 24.5 Å². The molecule has 0 spiro atoms. The average molecular weight is 219 g/mol. The van der Waals surface area contributed by atoms with Gasteiger partial charge in [0, 0.05) is 19.0 Å². The van der Waals surface area contributed by atoms with Gasteiger partial charge in [-0.15, -0.1) is 0 Å². The Bertz CT molecular complexity index is 291. The molecule has 1 aliphatic rings. The quantitative estimate of drug-likeness (QED) is 0.774. The van der Waals surface area contributed by atoms with E-state index >= 15 is 0 Å². The summed E-state index contributed by atoms with van der Waals surface area (Å²) in [5.41, 5.74) is 1.22. The van der Waals surface area contributed by atoms with Crippen molar-refractivity contribution in [2.24, 2.45) is 11.8 Å². The first-order valence-electron chi connectivity index (χ1n) is 6.31. The summed E-state index contributed by atoms with van der Waals surface area (Å²) in [6.07, 6.45) is 9.09. The second-order valence-corrected chi connectivity index (χ2v) is 5.00. The molecule has 16 heavy (non-hydrogen) atoms. The van der Waals surface area contributed by atoms with Gasteiger partial charge < -0.3 is 4.74 Å². The third kappa shape index (κ3) is 3.60. The second-order valence-electron chi connectivity index (χ2n) is 5.00. The van der Waals surface area contributed by atoms with Gasteiger partial charge in [0.15, 0.2) is 0 Å². The first-order valence-corrected chi connectivity index (χ1v) is 6.31. The monoisotopic (exact) mass is 219 g/mol. The van der Waals surface area contributed by atoms with Gasteiger partial charge in [-0.05, 0) is 42.4 Å². The molecule has 0 amide bonds. The van der Waals surface area contributed by atoms with Crippen molar-refractivity contribution in [3.8, 4) is 0 Å². The van der Waals surface area contributed by atoms with Gasteiger partial charge in [-0.25, -0.2) is 0 Å². The molecule has 1 aliphatic carbocycles. The summed E-state index contributed by atoms with van der Waals surface area (Å²) in [6.45, 7) is 4.01. The molecule has 0 aromatic carbocycles. The van der Waals surface area contributed by atoms with Gasteiger partial charge in [0.1, 0.15) is 0 Å². The molecule has 0 bridgehead atoms. The molecule has 2 rings (SSSR count). The van der Waals surface area contributed by atoms with Crippen molar-refractivity contribution in [1.82, 2.24) is 4.98 Å². The van der Waals surface area contributed by atoms with E-state index in [0.29, 0.717) is 0 Å². The number of aromatic nitrogens is 1. The fourth-order valence-electron chi connectivity index (χ4n) is 2.32. The molecule has 0 aliphatic heterocycles. The van der Waals surface area contributed by atoms with E-state index in [1.54, 1.807) is 0 Å². The average Bonchev–Trinajstić information content (AvgIpc) is 2.33. The van der Waals surface area contributed by atoms with Crippen LogP contribution < -0.4 is 0 Å². The standard InChI is InChI=1S/C14H21NO/c1-12-2-4-13(5-3-12)10-16-11-14-6-8-15-9-7-14/h6-9,12-13H,2-5,10-11H2,1H3. The van der Waals surface area contributed by atoms with Crippen LogP contribution in [0.4, 0.5) is 0 Å². The molecular formula is C14H21NO. The zero-order valence-electron chi connectivity index (χ0n) is 10.1. The normalized spacial score (nSPS) is 25.6. The van der Waals surface area contributed by atoms with E-state index in [4.69, 9.17) is 4.74 Å². The molecule has 1 saturated carbocycles. The van der Waals surface area contributed by atoms with Crippen LogP contribution in [0.5, 0.6) is 0 Å². The summed E-state index contributed by atoms with van der Waals surface area (Å²) in [6, 6.07) is 4.03. The highest BCUT2D eigenvalue weighted by molar-refractivity contribution is 5.07. The first kappa shape index (κ1) is 11.6. The molecule has 2 heteroatoms. The van der Waals surface area contributed by atoms with Crippen LogP contribution in [0.2, 0.25) is 0 Å². The molecule has 0 N–H and O–H groups in total. The van der Waals surface area contributed by atoms with E-state index in [0.717, 1.165) is 25.0 Å². The molecular weight excluding hydrogens is 198 g/mol.